The molecule has 1 saturated heterocycles. The second kappa shape index (κ2) is 11.9. The SMILES string of the molecule is COC(=O)Cc1ccc(CC(=O)OC)c(NC2CCN(CCc3cccc(Cl)c3)CC2)c1. The van der Waals surface area contributed by atoms with Crippen molar-refractivity contribution in [2.75, 3.05) is 39.2 Å². The highest BCUT2D eigenvalue weighted by molar-refractivity contribution is 6.30. The minimum absolute atomic E-state index is 0.190. The molecule has 2 aromatic rings. The maximum Gasteiger partial charge on any atom is 0.310 e. The van der Waals surface area contributed by atoms with Crippen LogP contribution in [0, 0.1) is 0 Å². The van der Waals surface area contributed by atoms with Gasteiger partial charge in [0.05, 0.1) is 27.1 Å². The topological polar surface area (TPSA) is 67.9 Å². The summed E-state index contributed by atoms with van der Waals surface area (Å²) in [6.07, 6.45) is 3.39. The maximum absolute atomic E-state index is 11.8. The van der Waals surface area contributed by atoms with E-state index in [-0.39, 0.29) is 24.8 Å². The standard InChI is InChI=1S/C25H31ClN2O4/c1-31-24(29)16-19-6-7-20(17-25(30)32-2)23(15-19)27-22-9-12-28(13-10-22)11-8-18-4-3-5-21(26)14-18/h3-7,14-15,22,27H,8-13,16-17H2,1-2H3. The first kappa shape index (κ1) is 24.1. The number of likely N-dealkylation sites (tertiary alicyclic amines) is 1. The number of esters is 2. The molecule has 0 spiro atoms. The summed E-state index contributed by atoms with van der Waals surface area (Å²) < 4.78 is 9.62. The van der Waals surface area contributed by atoms with E-state index in [4.69, 9.17) is 21.1 Å². The van der Waals surface area contributed by atoms with E-state index in [2.05, 4.69) is 16.3 Å². The molecule has 6 nitrogen and oxygen atoms in total. The van der Waals surface area contributed by atoms with Crippen LogP contribution in [-0.4, -0.2) is 56.7 Å². The molecule has 1 N–H and O–H groups in total. The van der Waals surface area contributed by atoms with Gasteiger partial charge in [0.2, 0.25) is 0 Å². The minimum Gasteiger partial charge on any atom is -0.469 e. The lowest BCUT2D eigenvalue weighted by Gasteiger charge is -2.33. The van der Waals surface area contributed by atoms with Crippen molar-refractivity contribution in [1.29, 1.82) is 0 Å². The van der Waals surface area contributed by atoms with E-state index in [0.29, 0.717) is 6.04 Å². The van der Waals surface area contributed by atoms with Gasteiger partial charge in [0.1, 0.15) is 0 Å². The van der Waals surface area contributed by atoms with Gasteiger partial charge in [-0.05, 0) is 54.2 Å². The second-order valence-electron chi connectivity index (χ2n) is 8.14. The molecule has 172 valence electrons. The number of methoxy groups -OCH3 is 2. The Hall–Kier alpha value is -2.57. The molecule has 0 atom stereocenters. The van der Waals surface area contributed by atoms with Crippen molar-refractivity contribution < 1.29 is 19.1 Å². The van der Waals surface area contributed by atoms with Crippen LogP contribution < -0.4 is 5.32 Å². The fraction of sp³-hybridized carbons (Fsp3) is 0.440. The number of hydrogen-bond acceptors (Lipinski definition) is 6. The van der Waals surface area contributed by atoms with Crippen LogP contribution in [-0.2, 0) is 38.3 Å². The van der Waals surface area contributed by atoms with Gasteiger partial charge in [0, 0.05) is 36.4 Å². The van der Waals surface area contributed by atoms with Crippen LogP contribution in [0.3, 0.4) is 0 Å². The van der Waals surface area contributed by atoms with Crippen LogP contribution in [0.5, 0.6) is 0 Å². The van der Waals surface area contributed by atoms with Crippen molar-refractivity contribution in [3.05, 3.63) is 64.2 Å². The number of rotatable bonds is 9. The molecular weight excluding hydrogens is 428 g/mol. The summed E-state index contributed by atoms with van der Waals surface area (Å²) in [5.41, 5.74) is 3.86. The average Bonchev–Trinajstić information content (AvgIpc) is 2.80. The monoisotopic (exact) mass is 458 g/mol. The number of anilines is 1. The molecule has 3 rings (SSSR count). The third-order valence-electron chi connectivity index (χ3n) is 5.87. The molecule has 1 heterocycles. The molecule has 32 heavy (non-hydrogen) atoms. The highest BCUT2D eigenvalue weighted by Crippen LogP contribution is 2.24. The highest BCUT2D eigenvalue weighted by Gasteiger charge is 2.20. The fourth-order valence-corrected chi connectivity index (χ4v) is 4.20. The molecule has 0 aliphatic carbocycles. The Morgan fingerprint density at radius 1 is 1.00 bits per heavy atom. The number of nitrogens with zero attached hydrogens (tertiary/aromatic N) is 1. The quantitative estimate of drug-likeness (QED) is 0.575. The van der Waals surface area contributed by atoms with Crippen LogP contribution in [0.15, 0.2) is 42.5 Å². The van der Waals surface area contributed by atoms with Crippen molar-refractivity contribution >= 4 is 29.2 Å². The smallest absolute Gasteiger partial charge is 0.310 e. The highest BCUT2D eigenvalue weighted by atomic mass is 35.5. The van der Waals surface area contributed by atoms with E-state index < -0.39 is 0 Å². The van der Waals surface area contributed by atoms with Gasteiger partial charge >= 0.3 is 11.9 Å². The Kier molecular flexibility index (Phi) is 8.94. The maximum atomic E-state index is 11.8. The molecule has 0 radical (unpaired) electrons. The average molecular weight is 459 g/mol. The first-order valence-corrected chi connectivity index (χ1v) is 11.3. The number of benzene rings is 2. The lowest BCUT2D eigenvalue weighted by Crippen LogP contribution is -2.40. The lowest BCUT2D eigenvalue weighted by molar-refractivity contribution is -0.140. The molecule has 0 bridgehead atoms. The van der Waals surface area contributed by atoms with E-state index in [1.54, 1.807) is 0 Å². The van der Waals surface area contributed by atoms with Gasteiger partial charge in [-0.25, -0.2) is 0 Å². The van der Waals surface area contributed by atoms with Crippen LogP contribution in [0.4, 0.5) is 5.69 Å². The zero-order valence-corrected chi connectivity index (χ0v) is 19.5. The largest absolute Gasteiger partial charge is 0.469 e. The Morgan fingerprint density at radius 3 is 2.41 bits per heavy atom. The van der Waals surface area contributed by atoms with Gasteiger partial charge in [0.25, 0.3) is 0 Å². The molecule has 0 saturated carbocycles. The first-order valence-electron chi connectivity index (χ1n) is 11.0. The van der Waals surface area contributed by atoms with Crippen LogP contribution >= 0.6 is 11.6 Å². The molecule has 0 unspecified atom stereocenters. The zero-order chi connectivity index (χ0) is 22.9. The van der Waals surface area contributed by atoms with E-state index >= 15 is 0 Å². The molecule has 0 aromatic heterocycles. The van der Waals surface area contributed by atoms with Crippen LogP contribution in [0.25, 0.3) is 0 Å². The third-order valence-corrected chi connectivity index (χ3v) is 6.10. The Bertz CT molecular complexity index is 926. The van der Waals surface area contributed by atoms with Gasteiger partial charge < -0.3 is 19.7 Å². The molecule has 7 heteroatoms. The Morgan fingerprint density at radius 2 is 1.72 bits per heavy atom. The molecule has 1 fully saturated rings. The zero-order valence-electron chi connectivity index (χ0n) is 18.7. The number of ether oxygens (including phenoxy) is 2. The molecule has 0 amide bonds. The van der Waals surface area contributed by atoms with Gasteiger partial charge in [-0.3, -0.25) is 9.59 Å². The number of nitrogens with one attached hydrogen (secondary N) is 1. The predicted molar refractivity (Wildman–Crippen MR) is 126 cm³/mol. The summed E-state index contributed by atoms with van der Waals surface area (Å²) in [4.78, 5) is 26.0. The van der Waals surface area contributed by atoms with Crippen molar-refractivity contribution in [2.45, 2.75) is 38.1 Å². The fourth-order valence-electron chi connectivity index (χ4n) is 3.99. The van der Waals surface area contributed by atoms with Gasteiger partial charge in [-0.1, -0.05) is 35.9 Å². The van der Waals surface area contributed by atoms with E-state index in [9.17, 15) is 9.59 Å². The van der Waals surface area contributed by atoms with Crippen molar-refractivity contribution in [3.63, 3.8) is 0 Å². The number of carbonyl (C=O) groups is 2. The molecule has 1 aliphatic heterocycles. The van der Waals surface area contributed by atoms with Crippen molar-refractivity contribution in [3.8, 4) is 0 Å². The van der Waals surface area contributed by atoms with E-state index in [1.165, 1.54) is 19.8 Å². The number of hydrogen-bond donors (Lipinski definition) is 1. The minimum atomic E-state index is -0.287. The van der Waals surface area contributed by atoms with Crippen LogP contribution in [0.1, 0.15) is 29.5 Å². The summed E-state index contributed by atoms with van der Waals surface area (Å²) in [7, 11) is 2.77. The summed E-state index contributed by atoms with van der Waals surface area (Å²) in [5, 5.41) is 4.39. The van der Waals surface area contributed by atoms with Gasteiger partial charge in [0.15, 0.2) is 0 Å². The summed E-state index contributed by atoms with van der Waals surface area (Å²) in [6, 6.07) is 14.0. The van der Waals surface area contributed by atoms with Crippen LogP contribution in [0.2, 0.25) is 5.02 Å². The van der Waals surface area contributed by atoms with E-state index in [1.807, 2.05) is 36.4 Å². The Balaban J connectivity index is 1.58. The number of carbonyl (C=O) groups excluding carboxylic acids is 2. The van der Waals surface area contributed by atoms with Gasteiger partial charge in [-0.2, -0.15) is 0 Å². The molecular formula is C25H31ClN2O4. The van der Waals surface area contributed by atoms with E-state index in [0.717, 1.165) is 60.7 Å². The molecule has 1 aliphatic rings. The predicted octanol–water partition coefficient (Wildman–Crippen LogP) is 3.89. The summed E-state index contributed by atoms with van der Waals surface area (Å²) in [6.45, 7) is 3.02. The summed E-state index contributed by atoms with van der Waals surface area (Å²) in [5.74, 6) is -0.575. The van der Waals surface area contributed by atoms with Crippen molar-refractivity contribution in [2.24, 2.45) is 0 Å². The number of piperidine rings is 1. The lowest BCUT2D eigenvalue weighted by atomic mass is 10.0. The van der Waals surface area contributed by atoms with Gasteiger partial charge in [-0.15, -0.1) is 0 Å². The second-order valence-corrected chi connectivity index (χ2v) is 8.57. The third kappa shape index (κ3) is 7.24. The Labute approximate surface area is 194 Å². The first-order chi connectivity index (χ1) is 15.5. The summed E-state index contributed by atoms with van der Waals surface area (Å²) >= 11 is 6.09. The molecule has 2 aromatic carbocycles. The normalized spacial score (nSPS) is 14.7. The number of halogens is 1. The van der Waals surface area contributed by atoms with Crippen molar-refractivity contribution in [1.82, 2.24) is 4.90 Å².